The van der Waals surface area contributed by atoms with Crippen LogP contribution in [0.25, 0.3) is 16.1 Å². The standard InChI is InChI=1S/C16H14N2OS/c1-10(12-4-5-12)16-14(17-2)7-15(20-16)13-6-3-11(9-19)8-18-13/h3,6-9,12H,1-2,4-5H2. The summed E-state index contributed by atoms with van der Waals surface area (Å²) in [5.41, 5.74) is 3.46. The van der Waals surface area contributed by atoms with E-state index in [0.29, 0.717) is 11.5 Å². The van der Waals surface area contributed by atoms with Crippen molar-refractivity contribution in [1.29, 1.82) is 0 Å². The van der Waals surface area contributed by atoms with Crippen molar-refractivity contribution in [3.63, 3.8) is 0 Å². The number of aldehydes is 1. The van der Waals surface area contributed by atoms with Crippen LogP contribution in [-0.4, -0.2) is 18.0 Å². The maximum absolute atomic E-state index is 10.7. The van der Waals surface area contributed by atoms with Crippen molar-refractivity contribution in [2.75, 3.05) is 0 Å². The third-order valence-electron chi connectivity index (χ3n) is 3.42. The first-order valence-corrected chi connectivity index (χ1v) is 7.26. The van der Waals surface area contributed by atoms with Gasteiger partial charge in [-0.05, 0) is 49.2 Å². The molecule has 1 fully saturated rings. The summed E-state index contributed by atoms with van der Waals surface area (Å²) in [6.45, 7) is 7.82. The van der Waals surface area contributed by atoms with Crippen LogP contribution in [-0.2, 0) is 0 Å². The molecule has 20 heavy (non-hydrogen) atoms. The summed E-state index contributed by atoms with van der Waals surface area (Å²) in [7, 11) is 0. The van der Waals surface area contributed by atoms with Gasteiger partial charge in [-0.1, -0.05) is 6.58 Å². The van der Waals surface area contributed by atoms with Crippen molar-refractivity contribution in [3.8, 4) is 10.6 Å². The number of carbonyl (C=O) groups is 1. The highest BCUT2D eigenvalue weighted by molar-refractivity contribution is 7.17. The van der Waals surface area contributed by atoms with Crippen molar-refractivity contribution in [2.45, 2.75) is 12.8 Å². The quantitative estimate of drug-likeness (QED) is 0.603. The van der Waals surface area contributed by atoms with Crippen LogP contribution < -0.4 is 0 Å². The number of rotatable bonds is 5. The topological polar surface area (TPSA) is 42.3 Å². The van der Waals surface area contributed by atoms with Gasteiger partial charge in [-0.25, -0.2) is 0 Å². The maximum atomic E-state index is 10.7. The molecule has 2 heterocycles. The average Bonchev–Trinajstić information content (AvgIpc) is 3.25. The Kier molecular flexibility index (Phi) is 3.32. The van der Waals surface area contributed by atoms with Crippen molar-refractivity contribution < 1.29 is 4.79 Å². The molecule has 100 valence electrons. The number of pyridine rings is 1. The number of thiophene rings is 1. The van der Waals surface area contributed by atoms with Crippen LogP contribution in [0, 0.1) is 5.92 Å². The van der Waals surface area contributed by atoms with Crippen molar-refractivity contribution in [3.05, 3.63) is 41.4 Å². The fraction of sp³-hybridized carbons (Fsp3) is 0.188. The highest BCUT2D eigenvalue weighted by atomic mass is 32.1. The molecule has 1 aliphatic carbocycles. The predicted molar refractivity (Wildman–Crippen MR) is 83.9 cm³/mol. The predicted octanol–water partition coefficient (Wildman–Crippen LogP) is 4.38. The number of aromatic nitrogens is 1. The second kappa shape index (κ2) is 5.13. The van der Waals surface area contributed by atoms with Gasteiger partial charge in [-0.15, -0.1) is 11.3 Å². The lowest BCUT2D eigenvalue weighted by Crippen LogP contribution is -1.83. The Morgan fingerprint density at radius 2 is 2.25 bits per heavy atom. The van der Waals surface area contributed by atoms with Gasteiger partial charge in [0.2, 0.25) is 0 Å². The normalized spacial score (nSPS) is 14.0. The Bertz CT molecular complexity index is 681. The minimum absolute atomic E-state index is 0.579. The van der Waals surface area contributed by atoms with Crippen LogP contribution in [0.3, 0.4) is 0 Å². The second-order valence-corrected chi connectivity index (χ2v) is 5.93. The summed E-state index contributed by atoms with van der Waals surface area (Å²) >= 11 is 1.64. The van der Waals surface area contributed by atoms with E-state index in [9.17, 15) is 4.79 Å². The number of allylic oxidation sites excluding steroid dienone is 1. The van der Waals surface area contributed by atoms with Gasteiger partial charge in [0, 0.05) is 11.8 Å². The van der Waals surface area contributed by atoms with E-state index in [1.54, 1.807) is 23.6 Å². The largest absolute Gasteiger partial charge is 0.298 e. The minimum Gasteiger partial charge on any atom is -0.298 e. The zero-order valence-electron chi connectivity index (χ0n) is 11.0. The highest BCUT2D eigenvalue weighted by Crippen LogP contribution is 2.48. The fourth-order valence-electron chi connectivity index (χ4n) is 2.09. The van der Waals surface area contributed by atoms with Gasteiger partial charge in [-0.3, -0.25) is 14.8 Å². The van der Waals surface area contributed by atoms with Crippen LogP contribution in [0.5, 0.6) is 0 Å². The van der Waals surface area contributed by atoms with Gasteiger partial charge in [-0.2, -0.15) is 0 Å². The summed E-state index contributed by atoms with van der Waals surface area (Å²) in [5.74, 6) is 0.604. The molecule has 1 saturated carbocycles. The Balaban J connectivity index is 1.98. The molecule has 0 bridgehead atoms. The van der Waals surface area contributed by atoms with Crippen molar-refractivity contribution in [1.82, 2.24) is 4.98 Å². The molecule has 2 aromatic rings. The number of nitrogens with zero attached hydrogens (tertiary/aromatic N) is 2. The van der Waals surface area contributed by atoms with E-state index >= 15 is 0 Å². The first kappa shape index (κ1) is 12.9. The molecule has 3 nitrogen and oxygen atoms in total. The fourth-order valence-corrected chi connectivity index (χ4v) is 3.23. The van der Waals surface area contributed by atoms with E-state index < -0.39 is 0 Å². The molecule has 0 aliphatic heterocycles. The van der Waals surface area contributed by atoms with Crippen LogP contribution in [0.15, 0.2) is 36.0 Å². The molecule has 0 radical (unpaired) electrons. The number of hydrogen-bond acceptors (Lipinski definition) is 4. The molecule has 0 saturated heterocycles. The summed E-state index contributed by atoms with van der Waals surface area (Å²) in [5, 5.41) is 0. The average molecular weight is 282 g/mol. The highest BCUT2D eigenvalue weighted by Gasteiger charge is 2.28. The number of aliphatic imine (C=N–C) groups is 1. The van der Waals surface area contributed by atoms with Crippen molar-refractivity contribution >= 4 is 35.6 Å². The van der Waals surface area contributed by atoms with Gasteiger partial charge >= 0.3 is 0 Å². The molecular weight excluding hydrogens is 268 g/mol. The maximum Gasteiger partial charge on any atom is 0.151 e. The minimum atomic E-state index is 0.579. The van der Waals surface area contributed by atoms with Gasteiger partial charge < -0.3 is 0 Å². The monoisotopic (exact) mass is 282 g/mol. The van der Waals surface area contributed by atoms with Crippen LogP contribution in [0.2, 0.25) is 0 Å². The lowest BCUT2D eigenvalue weighted by Gasteiger charge is -2.00. The van der Waals surface area contributed by atoms with E-state index in [-0.39, 0.29) is 0 Å². The lowest BCUT2D eigenvalue weighted by molar-refractivity contribution is 0.112. The van der Waals surface area contributed by atoms with Crippen LogP contribution in [0.1, 0.15) is 28.1 Å². The van der Waals surface area contributed by atoms with E-state index in [0.717, 1.165) is 33.0 Å². The molecular formula is C16H14N2OS. The van der Waals surface area contributed by atoms with E-state index in [2.05, 4.69) is 23.3 Å². The molecule has 0 unspecified atom stereocenters. The van der Waals surface area contributed by atoms with Gasteiger partial charge in [0.05, 0.1) is 21.1 Å². The molecule has 4 heteroatoms. The molecule has 1 aliphatic rings. The summed E-state index contributed by atoms with van der Waals surface area (Å²) in [6.07, 6.45) is 4.81. The van der Waals surface area contributed by atoms with Crippen molar-refractivity contribution in [2.24, 2.45) is 10.9 Å². The third kappa shape index (κ3) is 2.34. The molecule has 2 aromatic heterocycles. The molecule has 3 rings (SSSR count). The Hall–Kier alpha value is -2.07. The molecule has 0 spiro atoms. The summed E-state index contributed by atoms with van der Waals surface area (Å²) < 4.78 is 0. The van der Waals surface area contributed by atoms with Crippen LogP contribution in [0.4, 0.5) is 5.69 Å². The number of carbonyl (C=O) groups excluding carboxylic acids is 1. The third-order valence-corrected chi connectivity index (χ3v) is 4.64. The molecule has 0 amide bonds. The molecule has 0 aromatic carbocycles. The summed E-state index contributed by atoms with van der Waals surface area (Å²) in [4.78, 5) is 21.2. The Morgan fingerprint density at radius 3 is 2.80 bits per heavy atom. The Labute approximate surface area is 121 Å². The lowest BCUT2D eigenvalue weighted by atomic mass is 10.1. The van der Waals surface area contributed by atoms with E-state index in [1.807, 2.05) is 12.1 Å². The first-order chi connectivity index (χ1) is 9.72. The van der Waals surface area contributed by atoms with Gasteiger partial charge in [0.25, 0.3) is 0 Å². The first-order valence-electron chi connectivity index (χ1n) is 6.44. The molecule has 0 N–H and O–H groups in total. The number of hydrogen-bond donors (Lipinski definition) is 0. The van der Waals surface area contributed by atoms with Crippen LogP contribution >= 0.6 is 11.3 Å². The zero-order chi connectivity index (χ0) is 14.1. The summed E-state index contributed by atoms with van der Waals surface area (Å²) in [6, 6.07) is 5.61. The van der Waals surface area contributed by atoms with E-state index in [1.165, 1.54) is 12.8 Å². The second-order valence-electron chi connectivity index (χ2n) is 4.88. The van der Waals surface area contributed by atoms with E-state index in [4.69, 9.17) is 0 Å². The zero-order valence-corrected chi connectivity index (χ0v) is 11.8. The molecule has 0 atom stereocenters. The van der Waals surface area contributed by atoms with Gasteiger partial charge in [0.1, 0.15) is 0 Å². The Morgan fingerprint density at radius 1 is 1.45 bits per heavy atom. The smallest absolute Gasteiger partial charge is 0.151 e. The van der Waals surface area contributed by atoms with Gasteiger partial charge in [0.15, 0.2) is 6.29 Å². The SMILES string of the molecule is C=Nc1cc(-c2ccc(C=O)cn2)sc1C(=C)C1CC1.